The van der Waals surface area contributed by atoms with Crippen molar-refractivity contribution < 1.29 is 19.0 Å². The van der Waals surface area contributed by atoms with Crippen LogP contribution < -0.4 is 20.5 Å². The fraction of sp³-hybridized carbons (Fsp3) is 0.588. The van der Waals surface area contributed by atoms with Gasteiger partial charge in [0.15, 0.2) is 0 Å². The minimum Gasteiger partial charge on any atom is -0.497 e. The summed E-state index contributed by atoms with van der Waals surface area (Å²) in [5.74, 6) is 1.45. The average Bonchev–Trinajstić information content (AvgIpc) is 2.61. The molecule has 0 aliphatic carbocycles. The van der Waals surface area contributed by atoms with Gasteiger partial charge in [-0.15, -0.1) is 0 Å². The van der Waals surface area contributed by atoms with Gasteiger partial charge in [-0.05, 0) is 12.8 Å². The summed E-state index contributed by atoms with van der Waals surface area (Å²) in [5.41, 5.74) is 6.77. The van der Waals surface area contributed by atoms with Gasteiger partial charge in [-0.3, -0.25) is 4.79 Å². The van der Waals surface area contributed by atoms with Crippen molar-refractivity contribution in [2.45, 2.75) is 24.9 Å². The molecule has 1 aromatic rings. The molecule has 1 saturated heterocycles. The minimum absolute atomic E-state index is 0.0432. The van der Waals surface area contributed by atoms with Gasteiger partial charge in [0, 0.05) is 50.1 Å². The molecule has 1 heterocycles. The van der Waals surface area contributed by atoms with Gasteiger partial charge in [0.25, 0.3) is 0 Å². The maximum absolute atomic E-state index is 12.2. The predicted octanol–water partition coefficient (Wildman–Crippen LogP) is 1.08. The van der Waals surface area contributed by atoms with E-state index in [9.17, 15) is 4.79 Å². The zero-order chi connectivity index (χ0) is 17.5. The number of methoxy groups -OCH3 is 3. The Morgan fingerprint density at radius 3 is 2.29 bits per heavy atom. The van der Waals surface area contributed by atoms with Crippen molar-refractivity contribution in [1.82, 2.24) is 4.90 Å². The Bertz CT molecular complexity index is 522. The molecule has 134 valence electrons. The number of ether oxygens (including phenoxy) is 3. The summed E-state index contributed by atoms with van der Waals surface area (Å²) in [7, 11) is 4.81. The molecule has 7 heteroatoms. The SMILES string of the molecule is COCC(N)C(=O)N1CCC(Nc2cc(OC)cc(OC)c2)CC1. The number of nitrogens with zero attached hydrogens (tertiary/aromatic N) is 1. The molecule has 7 nitrogen and oxygen atoms in total. The molecule has 0 aromatic heterocycles. The highest BCUT2D eigenvalue weighted by Crippen LogP contribution is 2.27. The number of carbonyl (C=O) groups excluding carboxylic acids is 1. The lowest BCUT2D eigenvalue weighted by molar-refractivity contribution is -0.134. The van der Waals surface area contributed by atoms with E-state index >= 15 is 0 Å². The van der Waals surface area contributed by atoms with Crippen LogP contribution in [0, 0.1) is 0 Å². The lowest BCUT2D eigenvalue weighted by atomic mass is 10.0. The van der Waals surface area contributed by atoms with E-state index in [0.29, 0.717) is 19.1 Å². The number of benzene rings is 1. The molecular weight excluding hydrogens is 310 g/mol. The van der Waals surface area contributed by atoms with Crippen molar-refractivity contribution >= 4 is 11.6 Å². The smallest absolute Gasteiger partial charge is 0.241 e. The second-order valence-electron chi connectivity index (χ2n) is 5.91. The molecule has 1 aliphatic rings. The van der Waals surface area contributed by atoms with Crippen LogP contribution in [0.5, 0.6) is 11.5 Å². The second kappa shape index (κ2) is 8.75. The maximum atomic E-state index is 12.2. The van der Waals surface area contributed by atoms with E-state index < -0.39 is 6.04 Å². The van der Waals surface area contributed by atoms with E-state index in [-0.39, 0.29) is 12.5 Å². The molecule has 1 fully saturated rings. The van der Waals surface area contributed by atoms with E-state index in [0.717, 1.165) is 30.0 Å². The summed E-state index contributed by atoms with van der Waals surface area (Å²) >= 11 is 0. The maximum Gasteiger partial charge on any atom is 0.241 e. The van der Waals surface area contributed by atoms with Gasteiger partial charge in [0.2, 0.25) is 5.91 Å². The number of rotatable bonds is 7. The van der Waals surface area contributed by atoms with Crippen LogP contribution in [0.2, 0.25) is 0 Å². The molecule has 1 atom stereocenters. The summed E-state index contributed by atoms with van der Waals surface area (Å²) in [6.07, 6.45) is 1.73. The molecule has 1 amide bonds. The van der Waals surface area contributed by atoms with Crippen LogP contribution in [-0.4, -0.2) is 63.9 Å². The summed E-state index contributed by atoms with van der Waals surface area (Å²) in [4.78, 5) is 14.0. The molecule has 1 unspecified atom stereocenters. The van der Waals surface area contributed by atoms with Crippen molar-refractivity contribution in [3.05, 3.63) is 18.2 Å². The third kappa shape index (κ3) is 4.75. The predicted molar refractivity (Wildman–Crippen MR) is 92.6 cm³/mol. The molecule has 2 rings (SSSR count). The van der Waals surface area contributed by atoms with Crippen LogP contribution in [0.4, 0.5) is 5.69 Å². The van der Waals surface area contributed by atoms with E-state index in [2.05, 4.69) is 5.32 Å². The fourth-order valence-corrected chi connectivity index (χ4v) is 2.86. The first-order valence-corrected chi connectivity index (χ1v) is 8.10. The summed E-state index contributed by atoms with van der Waals surface area (Å²) in [6, 6.07) is 5.43. The highest BCUT2D eigenvalue weighted by atomic mass is 16.5. The number of amides is 1. The normalized spacial score (nSPS) is 16.6. The van der Waals surface area contributed by atoms with Crippen LogP contribution in [0.25, 0.3) is 0 Å². The molecule has 1 aliphatic heterocycles. The van der Waals surface area contributed by atoms with E-state index in [1.165, 1.54) is 0 Å². The number of anilines is 1. The summed E-state index contributed by atoms with van der Waals surface area (Å²) < 4.78 is 15.5. The topological polar surface area (TPSA) is 86.1 Å². The molecule has 0 saturated carbocycles. The highest BCUT2D eigenvalue weighted by molar-refractivity contribution is 5.81. The molecular formula is C17H27N3O4. The van der Waals surface area contributed by atoms with Crippen molar-refractivity contribution in [2.75, 3.05) is 46.3 Å². The van der Waals surface area contributed by atoms with Crippen molar-refractivity contribution in [3.8, 4) is 11.5 Å². The number of nitrogens with two attached hydrogens (primary N) is 1. The fourth-order valence-electron chi connectivity index (χ4n) is 2.86. The van der Waals surface area contributed by atoms with Gasteiger partial charge in [-0.2, -0.15) is 0 Å². The lowest BCUT2D eigenvalue weighted by Gasteiger charge is -2.34. The van der Waals surface area contributed by atoms with Crippen molar-refractivity contribution in [1.29, 1.82) is 0 Å². The zero-order valence-corrected chi connectivity index (χ0v) is 14.6. The van der Waals surface area contributed by atoms with Gasteiger partial charge in [0.05, 0.1) is 20.8 Å². The summed E-state index contributed by atoms with van der Waals surface area (Å²) in [5, 5.41) is 3.49. The third-order valence-corrected chi connectivity index (χ3v) is 4.19. The monoisotopic (exact) mass is 337 g/mol. The lowest BCUT2D eigenvalue weighted by Crippen LogP contribution is -2.50. The number of likely N-dealkylation sites (tertiary alicyclic amines) is 1. The first-order valence-electron chi connectivity index (χ1n) is 8.10. The number of hydrogen-bond acceptors (Lipinski definition) is 6. The van der Waals surface area contributed by atoms with Crippen molar-refractivity contribution in [3.63, 3.8) is 0 Å². The average molecular weight is 337 g/mol. The first kappa shape index (κ1) is 18.4. The van der Waals surface area contributed by atoms with E-state index in [1.54, 1.807) is 21.3 Å². The van der Waals surface area contributed by atoms with E-state index in [1.807, 2.05) is 23.1 Å². The van der Waals surface area contributed by atoms with Gasteiger partial charge < -0.3 is 30.2 Å². The number of nitrogens with one attached hydrogen (secondary N) is 1. The van der Waals surface area contributed by atoms with Crippen LogP contribution >= 0.6 is 0 Å². The van der Waals surface area contributed by atoms with Crippen LogP contribution in [0.15, 0.2) is 18.2 Å². The van der Waals surface area contributed by atoms with E-state index in [4.69, 9.17) is 19.9 Å². The molecule has 1 aromatic carbocycles. The second-order valence-corrected chi connectivity index (χ2v) is 5.91. The van der Waals surface area contributed by atoms with Gasteiger partial charge in [-0.25, -0.2) is 0 Å². The Morgan fingerprint density at radius 1 is 1.21 bits per heavy atom. The Labute approximate surface area is 143 Å². The van der Waals surface area contributed by atoms with Crippen molar-refractivity contribution in [2.24, 2.45) is 5.73 Å². The van der Waals surface area contributed by atoms with Crippen LogP contribution in [-0.2, 0) is 9.53 Å². The highest BCUT2D eigenvalue weighted by Gasteiger charge is 2.26. The molecule has 0 spiro atoms. The van der Waals surface area contributed by atoms with Crippen LogP contribution in [0.1, 0.15) is 12.8 Å². The third-order valence-electron chi connectivity index (χ3n) is 4.19. The quantitative estimate of drug-likeness (QED) is 0.774. The van der Waals surface area contributed by atoms with Gasteiger partial charge in [0.1, 0.15) is 17.5 Å². The van der Waals surface area contributed by atoms with Crippen LogP contribution in [0.3, 0.4) is 0 Å². The Morgan fingerprint density at radius 2 is 1.79 bits per heavy atom. The zero-order valence-electron chi connectivity index (χ0n) is 14.6. The molecule has 3 N–H and O–H groups in total. The standard InChI is InChI=1S/C17H27N3O4/c1-22-11-16(18)17(21)20-6-4-12(5-7-20)19-13-8-14(23-2)10-15(9-13)24-3/h8-10,12,16,19H,4-7,11,18H2,1-3H3. The number of hydrogen-bond donors (Lipinski definition) is 2. The van der Waals surface area contributed by atoms with Gasteiger partial charge >= 0.3 is 0 Å². The first-order chi connectivity index (χ1) is 11.6. The Balaban J connectivity index is 1.90. The minimum atomic E-state index is -0.581. The Hall–Kier alpha value is -1.99. The number of carbonyl (C=O) groups is 1. The summed E-state index contributed by atoms with van der Waals surface area (Å²) in [6.45, 7) is 1.63. The number of piperidine rings is 1. The Kier molecular flexibility index (Phi) is 6.69. The van der Waals surface area contributed by atoms with Gasteiger partial charge in [-0.1, -0.05) is 0 Å². The molecule has 24 heavy (non-hydrogen) atoms. The largest absolute Gasteiger partial charge is 0.497 e. The molecule has 0 radical (unpaired) electrons. The molecule has 0 bridgehead atoms.